The van der Waals surface area contributed by atoms with Crippen molar-refractivity contribution in [3.8, 4) is 5.75 Å². The lowest BCUT2D eigenvalue weighted by atomic mass is 10.2. The minimum atomic E-state index is -0.0898. The average molecular weight is 249 g/mol. The standard InChI is InChI=1S/C12H15N3OS/c1-3-15-11(13-14-12(15)17)8-16-10-6-4-5-9(2)7-10/h4-7,11H,3,8H2,1-2H3. The van der Waals surface area contributed by atoms with E-state index >= 15 is 0 Å². The zero-order chi connectivity index (χ0) is 12.3. The summed E-state index contributed by atoms with van der Waals surface area (Å²) in [6, 6.07) is 7.95. The maximum atomic E-state index is 5.70. The lowest BCUT2D eigenvalue weighted by molar-refractivity contribution is 0.215. The first-order chi connectivity index (χ1) is 8.20. The molecule has 1 aromatic carbocycles. The van der Waals surface area contributed by atoms with Gasteiger partial charge >= 0.3 is 0 Å². The number of aryl methyl sites for hydroxylation is 1. The van der Waals surface area contributed by atoms with Gasteiger partial charge < -0.3 is 9.64 Å². The molecular weight excluding hydrogens is 234 g/mol. The Hall–Kier alpha value is -1.49. The Morgan fingerprint density at radius 1 is 1.47 bits per heavy atom. The zero-order valence-electron chi connectivity index (χ0n) is 9.96. The number of nitrogens with zero attached hydrogens (tertiary/aromatic N) is 3. The van der Waals surface area contributed by atoms with Crippen molar-refractivity contribution in [2.24, 2.45) is 10.2 Å². The number of rotatable bonds is 4. The first-order valence-corrected chi connectivity index (χ1v) is 6.02. The molecule has 4 nitrogen and oxygen atoms in total. The van der Waals surface area contributed by atoms with Crippen LogP contribution in [0.5, 0.6) is 5.75 Å². The molecule has 1 atom stereocenters. The normalized spacial score (nSPS) is 18.8. The summed E-state index contributed by atoms with van der Waals surface area (Å²) in [5, 5.41) is 8.54. The van der Waals surface area contributed by atoms with Crippen LogP contribution >= 0.6 is 12.2 Å². The fraction of sp³-hybridized carbons (Fsp3) is 0.417. The van der Waals surface area contributed by atoms with Crippen LogP contribution in [0.25, 0.3) is 0 Å². The monoisotopic (exact) mass is 249 g/mol. The van der Waals surface area contributed by atoms with E-state index in [1.165, 1.54) is 5.56 Å². The van der Waals surface area contributed by atoms with Crippen molar-refractivity contribution < 1.29 is 4.74 Å². The lowest BCUT2D eigenvalue weighted by Gasteiger charge is -2.21. The maximum absolute atomic E-state index is 5.70. The minimum absolute atomic E-state index is 0.0898. The van der Waals surface area contributed by atoms with Gasteiger partial charge in [0.1, 0.15) is 12.4 Å². The smallest absolute Gasteiger partial charge is 0.217 e. The molecular formula is C12H15N3OS. The van der Waals surface area contributed by atoms with E-state index in [1.807, 2.05) is 43.0 Å². The van der Waals surface area contributed by atoms with Gasteiger partial charge in [0.2, 0.25) is 5.11 Å². The third-order valence-corrected chi connectivity index (χ3v) is 2.93. The lowest BCUT2D eigenvalue weighted by Crippen LogP contribution is -2.36. The van der Waals surface area contributed by atoms with Crippen LogP contribution in [0.3, 0.4) is 0 Å². The van der Waals surface area contributed by atoms with Crippen LogP contribution in [-0.2, 0) is 0 Å². The molecule has 0 saturated heterocycles. The van der Waals surface area contributed by atoms with E-state index < -0.39 is 0 Å². The predicted molar refractivity (Wildman–Crippen MR) is 70.3 cm³/mol. The molecule has 5 heteroatoms. The van der Waals surface area contributed by atoms with E-state index in [0.717, 1.165) is 12.3 Å². The predicted octanol–water partition coefficient (Wildman–Crippen LogP) is 2.77. The average Bonchev–Trinajstić information content (AvgIpc) is 2.67. The second kappa shape index (κ2) is 5.23. The number of hydrogen-bond donors (Lipinski definition) is 0. The molecule has 0 N–H and O–H groups in total. The fourth-order valence-corrected chi connectivity index (χ4v) is 2.01. The Kier molecular flexibility index (Phi) is 3.68. The van der Waals surface area contributed by atoms with Gasteiger partial charge in [-0.05, 0) is 43.8 Å². The number of thiocarbonyl (C=S) groups is 1. The number of likely N-dealkylation sites (N-methyl/N-ethyl adjacent to an activating group) is 1. The van der Waals surface area contributed by atoms with Crippen molar-refractivity contribution in [1.29, 1.82) is 0 Å². The summed E-state index contributed by atoms with van der Waals surface area (Å²) in [7, 11) is 0. The Morgan fingerprint density at radius 3 is 3.00 bits per heavy atom. The number of azo groups is 1. The molecule has 0 bridgehead atoms. The van der Waals surface area contributed by atoms with Crippen molar-refractivity contribution in [3.05, 3.63) is 29.8 Å². The molecule has 17 heavy (non-hydrogen) atoms. The Bertz CT molecular complexity index is 447. The van der Waals surface area contributed by atoms with Crippen LogP contribution in [0.2, 0.25) is 0 Å². The van der Waals surface area contributed by atoms with Gasteiger partial charge in [-0.1, -0.05) is 12.1 Å². The molecule has 0 amide bonds. The second-order valence-corrected chi connectivity index (χ2v) is 4.26. The molecule has 1 aliphatic heterocycles. The summed E-state index contributed by atoms with van der Waals surface area (Å²) in [5.74, 6) is 0.856. The van der Waals surface area contributed by atoms with Crippen molar-refractivity contribution in [2.75, 3.05) is 13.2 Å². The van der Waals surface area contributed by atoms with Gasteiger partial charge in [0.05, 0.1) is 0 Å². The van der Waals surface area contributed by atoms with Crippen LogP contribution < -0.4 is 4.74 Å². The summed E-state index contributed by atoms with van der Waals surface area (Å²) in [4.78, 5) is 1.95. The minimum Gasteiger partial charge on any atom is -0.489 e. The van der Waals surface area contributed by atoms with Gasteiger partial charge in [-0.2, -0.15) is 5.11 Å². The fourth-order valence-electron chi connectivity index (χ4n) is 1.71. The van der Waals surface area contributed by atoms with Crippen LogP contribution in [0.4, 0.5) is 0 Å². The first kappa shape index (κ1) is 12.0. The van der Waals surface area contributed by atoms with Crippen molar-refractivity contribution >= 4 is 17.3 Å². The Morgan fingerprint density at radius 2 is 2.29 bits per heavy atom. The van der Waals surface area contributed by atoms with Gasteiger partial charge in [0.25, 0.3) is 0 Å². The largest absolute Gasteiger partial charge is 0.489 e. The molecule has 0 radical (unpaired) electrons. The highest BCUT2D eigenvalue weighted by atomic mass is 32.1. The number of ether oxygens (including phenoxy) is 1. The molecule has 1 aliphatic rings. The molecule has 2 rings (SSSR count). The van der Waals surface area contributed by atoms with Gasteiger partial charge in [-0.3, -0.25) is 0 Å². The summed E-state index contributed by atoms with van der Waals surface area (Å²) in [6.07, 6.45) is -0.0898. The van der Waals surface area contributed by atoms with Crippen molar-refractivity contribution in [1.82, 2.24) is 4.90 Å². The molecule has 1 aromatic rings. The van der Waals surface area contributed by atoms with Gasteiger partial charge in [-0.15, -0.1) is 5.11 Å². The summed E-state index contributed by atoms with van der Waals surface area (Å²) in [5.41, 5.74) is 1.18. The first-order valence-electron chi connectivity index (χ1n) is 5.61. The van der Waals surface area contributed by atoms with Crippen LogP contribution in [0.1, 0.15) is 12.5 Å². The van der Waals surface area contributed by atoms with Crippen LogP contribution in [0, 0.1) is 6.92 Å². The van der Waals surface area contributed by atoms with E-state index in [0.29, 0.717) is 11.7 Å². The summed E-state index contributed by atoms with van der Waals surface area (Å²) < 4.78 is 5.70. The Balaban J connectivity index is 1.95. The quantitative estimate of drug-likeness (QED) is 0.770. The molecule has 0 saturated carbocycles. The summed E-state index contributed by atoms with van der Waals surface area (Å²) >= 11 is 5.08. The Labute approximate surface area is 106 Å². The molecule has 0 aromatic heterocycles. The van der Waals surface area contributed by atoms with E-state index in [9.17, 15) is 0 Å². The molecule has 90 valence electrons. The highest BCUT2D eigenvalue weighted by Crippen LogP contribution is 2.17. The summed E-state index contributed by atoms with van der Waals surface area (Å²) in [6.45, 7) is 5.34. The molecule has 0 spiro atoms. The molecule has 0 aliphatic carbocycles. The van der Waals surface area contributed by atoms with Gasteiger partial charge in [0, 0.05) is 6.54 Å². The topological polar surface area (TPSA) is 37.2 Å². The van der Waals surface area contributed by atoms with E-state index in [2.05, 4.69) is 10.2 Å². The third-order valence-electron chi connectivity index (χ3n) is 2.61. The second-order valence-electron chi connectivity index (χ2n) is 3.89. The van der Waals surface area contributed by atoms with Gasteiger partial charge in [-0.25, -0.2) is 0 Å². The van der Waals surface area contributed by atoms with E-state index in [4.69, 9.17) is 17.0 Å². The van der Waals surface area contributed by atoms with Crippen molar-refractivity contribution in [3.63, 3.8) is 0 Å². The SMILES string of the molecule is CCN1C(=S)N=NC1COc1cccc(C)c1. The third kappa shape index (κ3) is 2.79. The molecule has 1 heterocycles. The number of benzene rings is 1. The van der Waals surface area contributed by atoms with Crippen molar-refractivity contribution in [2.45, 2.75) is 20.0 Å². The van der Waals surface area contributed by atoms with E-state index in [-0.39, 0.29) is 6.17 Å². The van der Waals surface area contributed by atoms with Crippen LogP contribution in [-0.4, -0.2) is 29.3 Å². The van der Waals surface area contributed by atoms with Gasteiger partial charge in [0.15, 0.2) is 6.17 Å². The maximum Gasteiger partial charge on any atom is 0.217 e. The zero-order valence-corrected chi connectivity index (χ0v) is 10.8. The van der Waals surface area contributed by atoms with Crippen LogP contribution in [0.15, 0.2) is 34.5 Å². The molecule has 0 fully saturated rings. The molecule has 1 unspecified atom stereocenters. The highest BCUT2D eigenvalue weighted by molar-refractivity contribution is 7.80. The highest BCUT2D eigenvalue weighted by Gasteiger charge is 2.25. The number of hydrogen-bond acceptors (Lipinski definition) is 3. The van der Waals surface area contributed by atoms with E-state index in [1.54, 1.807) is 0 Å².